The summed E-state index contributed by atoms with van der Waals surface area (Å²) in [4.78, 5) is 33.2. The highest BCUT2D eigenvalue weighted by Crippen LogP contribution is 2.32. The molecule has 2 aromatic rings. The first kappa shape index (κ1) is 18.3. The van der Waals surface area contributed by atoms with Crippen molar-refractivity contribution in [3.8, 4) is 0 Å². The number of nitrogens with one attached hydrogen (secondary N) is 1. The molecule has 1 saturated heterocycles. The quantitative estimate of drug-likeness (QED) is 0.876. The predicted molar refractivity (Wildman–Crippen MR) is 98.8 cm³/mol. The first-order chi connectivity index (χ1) is 13.5. The van der Waals surface area contributed by atoms with Gasteiger partial charge in [-0.1, -0.05) is 0 Å². The van der Waals surface area contributed by atoms with Gasteiger partial charge in [-0.3, -0.25) is 14.6 Å². The lowest BCUT2D eigenvalue weighted by molar-refractivity contribution is -0.138. The van der Waals surface area contributed by atoms with Crippen molar-refractivity contribution in [1.82, 2.24) is 15.0 Å². The van der Waals surface area contributed by atoms with Crippen molar-refractivity contribution in [3.05, 3.63) is 58.0 Å². The highest BCUT2D eigenvalue weighted by Gasteiger charge is 2.35. The highest BCUT2D eigenvalue weighted by molar-refractivity contribution is 5.82. The van der Waals surface area contributed by atoms with Crippen LogP contribution in [0.1, 0.15) is 30.9 Å². The van der Waals surface area contributed by atoms with E-state index >= 15 is 0 Å². The lowest BCUT2D eigenvalue weighted by atomic mass is 9.94. The highest BCUT2D eigenvalue weighted by atomic mass is 19.1. The standard InChI is InChI=1S/C19H19F2N5O2/c20-14-9-13(10-15(21)11-14)16-1-6-23-26(16)18(28)12-3-7-25(8-4-12)19-22-5-2-17(27)24-19/h2,5-6,9-12,16H,1,3-4,7-8H2,(H,22,24,27). The number of hydrazone groups is 1. The van der Waals surface area contributed by atoms with E-state index in [1.54, 1.807) is 6.21 Å². The third kappa shape index (κ3) is 3.64. The van der Waals surface area contributed by atoms with E-state index in [0.29, 0.717) is 43.9 Å². The van der Waals surface area contributed by atoms with E-state index in [1.165, 1.54) is 29.4 Å². The van der Waals surface area contributed by atoms with Crippen molar-refractivity contribution in [2.75, 3.05) is 18.0 Å². The molecular weight excluding hydrogens is 368 g/mol. The fourth-order valence-electron chi connectivity index (χ4n) is 3.72. The summed E-state index contributed by atoms with van der Waals surface area (Å²) < 4.78 is 27.2. The normalized spacial score (nSPS) is 20.0. The summed E-state index contributed by atoms with van der Waals surface area (Å²) in [6.07, 6.45) is 4.62. The minimum Gasteiger partial charge on any atom is -0.342 e. The molecule has 0 spiro atoms. The van der Waals surface area contributed by atoms with Crippen molar-refractivity contribution in [3.63, 3.8) is 0 Å². The van der Waals surface area contributed by atoms with Crippen LogP contribution in [0.5, 0.6) is 0 Å². The second-order valence-electron chi connectivity index (χ2n) is 6.95. The zero-order valence-corrected chi connectivity index (χ0v) is 15.0. The maximum absolute atomic E-state index is 13.6. The van der Waals surface area contributed by atoms with E-state index in [1.807, 2.05) is 4.90 Å². The number of halogens is 2. The average molecular weight is 387 g/mol. The number of piperidine rings is 1. The molecule has 1 aromatic carbocycles. The molecule has 0 bridgehead atoms. The van der Waals surface area contributed by atoms with Gasteiger partial charge in [0.05, 0.1) is 6.04 Å². The molecule has 1 unspecified atom stereocenters. The number of aromatic amines is 1. The Labute approximate surface area is 159 Å². The molecule has 1 atom stereocenters. The number of amides is 1. The van der Waals surface area contributed by atoms with Crippen LogP contribution in [0.2, 0.25) is 0 Å². The van der Waals surface area contributed by atoms with Crippen LogP contribution in [-0.4, -0.2) is 40.2 Å². The minimum absolute atomic E-state index is 0.155. The number of anilines is 1. The third-order valence-corrected chi connectivity index (χ3v) is 5.13. The molecule has 0 aliphatic carbocycles. The molecule has 1 aromatic heterocycles. The first-order valence-electron chi connectivity index (χ1n) is 9.13. The molecule has 2 aliphatic heterocycles. The number of carbonyl (C=O) groups excluding carboxylic acids is 1. The molecule has 4 rings (SSSR count). The summed E-state index contributed by atoms with van der Waals surface area (Å²) >= 11 is 0. The van der Waals surface area contributed by atoms with E-state index in [9.17, 15) is 18.4 Å². The van der Waals surface area contributed by atoms with E-state index in [0.717, 1.165) is 6.07 Å². The number of hydrogen-bond donors (Lipinski definition) is 1. The Hall–Kier alpha value is -3.10. The van der Waals surface area contributed by atoms with Crippen molar-refractivity contribution < 1.29 is 13.6 Å². The van der Waals surface area contributed by atoms with Crippen LogP contribution in [0.3, 0.4) is 0 Å². The van der Waals surface area contributed by atoms with Gasteiger partial charge < -0.3 is 4.90 Å². The van der Waals surface area contributed by atoms with Crippen LogP contribution >= 0.6 is 0 Å². The number of hydrogen-bond acceptors (Lipinski definition) is 5. The molecule has 1 amide bonds. The predicted octanol–water partition coefficient (Wildman–Crippen LogP) is 2.22. The van der Waals surface area contributed by atoms with Crippen LogP contribution in [-0.2, 0) is 4.79 Å². The zero-order chi connectivity index (χ0) is 19.7. The third-order valence-electron chi connectivity index (χ3n) is 5.13. The Morgan fingerprint density at radius 1 is 1.14 bits per heavy atom. The minimum atomic E-state index is -0.674. The fraction of sp³-hybridized carbons (Fsp3) is 0.368. The van der Waals surface area contributed by atoms with Crippen LogP contribution in [0.25, 0.3) is 0 Å². The average Bonchev–Trinajstić information content (AvgIpc) is 3.17. The Bertz CT molecular complexity index is 949. The van der Waals surface area contributed by atoms with E-state index in [2.05, 4.69) is 15.1 Å². The van der Waals surface area contributed by atoms with Gasteiger partial charge in [-0.15, -0.1) is 0 Å². The second-order valence-corrected chi connectivity index (χ2v) is 6.95. The van der Waals surface area contributed by atoms with E-state index in [-0.39, 0.29) is 17.4 Å². The summed E-state index contributed by atoms with van der Waals surface area (Å²) in [5.74, 6) is -1.26. The van der Waals surface area contributed by atoms with Gasteiger partial charge in [0.1, 0.15) is 11.6 Å². The molecule has 9 heteroatoms. The Morgan fingerprint density at radius 3 is 2.54 bits per heavy atom. The smallest absolute Gasteiger partial charge is 0.252 e. The molecule has 7 nitrogen and oxygen atoms in total. The lowest BCUT2D eigenvalue weighted by Gasteiger charge is -2.34. The number of aromatic nitrogens is 2. The number of H-pyrrole nitrogens is 1. The molecule has 0 radical (unpaired) electrons. The molecule has 0 saturated carbocycles. The largest absolute Gasteiger partial charge is 0.342 e. The first-order valence-corrected chi connectivity index (χ1v) is 9.13. The molecule has 146 valence electrons. The topological polar surface area (TPSA) is 81.7 Å². The number of nitrogens with zero attached hydrogens (tertiary/aromatic N) is 4. The van der Waals surface area contributed by atoms with Gasteiger partial charge in [0, 0.05) is 50.0 Å². The van der Waals surface area contributed by atoms with Crippen molar-refractivity contribution in [2.24, 2.45) is 11.0 Å². The molecule has 1 N–H and O–H groups in total. The van der Waals surface area contributed by atoms with Crippen LogP contribution in [0.15, 0.2) is 40.4 Å². The molecule has 1 fully saturated rings. The van der Waals surface area contributed by atoms with Crippen molar-refractivity contribution in [1.29, 1.82) is 0 Å². The van der Waals surface area contributed by atoms with Gasteiger partial charge in [0.2, 0.25) is 11.9 Å². The van der Waals surface area contributed by atoms with Crippen LogP contribution < -0.4 is 10.5 Å². The van der Waals surface area contributed by atoms with Gasteiger partial charge in [-0.2, -0.15) is 5.10 Å². The molecule has 2 aliphatic rings. The zero-order valence-electron chi connectivity index (χ0n) is 15.0. The van der Waals surface area contributed by atoms with Gasteiger partial charge in [0.15, 0.2) is 0 Å². The summed E-state index contributed by atoms with van der Waals surface area (Å²) in [7, 11) is 0. The van der Waals surface area contributed by atoms with Crippen molar-refractivity contribution >= 4 is 18.1 Å². The molecular formula is C19H19F2N5O2. The Morgan fingerprint density at radius 2 is 1.86 bits per heavy atom. The van der Waals surface area contributed by atoms with Crippen LogP contribution in [0, 0.1) is 17.6 Å². The van der Waals surface area contributed by atoms with Gasteiger partial charge in [-0.25, -0.2) is 18.8 Å². The van der Waals surface area contributed by atoms with Crippen LogP contribution in [0.4, 0.5) is 14.7 Å². The summed E-state index contributed by atoms with van der Waals surface area (Å²) in [5, 5.41) is 5.50. The number of benzene rings is 1. The van der Waals surface area contributed by atoms with Gasteiger partial charge in [0.25, 0.3) is 5.56 Å². The molecule has 3 heterocycles. The van der Waals surface area contributed by atoms with Gasteiger partial charge in [-0.05, 0) is 30.5 Å². The fourth-order valence-corrected chi connectivity index (χ4v) is 3.72. The Balaban J connectivity index is 1.44. The van der Waals surface area contributed by atoms with E-state index < -0.39 is 17.7 Å². The van der Waals surface area contributed by atoms with Gasteiger partial charge >= 0.3 is 0 Å². The summed E-state index contributed by atoms with van der Waals surface area (Å²) in [6.45, 7) is 1.14. The maximum Gasteiger partial charge on any atom is 0.252 e. The number of rotatable bonds is 3. The van der Waals surface area contributed by atoms with E-state index in [4.69, 9.17) is 0 Å². The summed E-state index contributed by atoms with van der Waals surface area (Å²) in [6, 6.07) is 4.14. The number of carbonyl (C=O) groups is 1. The second kappa shape index (κ2) is 7.49. The SMILES string of the molecule is O=C(C1CCN(c2nccc(=O)[nH]2)CC1)N1N=CCC1c1cc(F)cc(F)c1. The maximum atomic E-state index is 13.6. The monoisotopic (exact) mass is 387 g/mol. The van der Waals surface area contributed by atoms with Crippen molar-refractivity contribution in [2.45, 2.75) is 25.3 Å². The Kier molecular flexibility index (Phi) is 4.89. The molecule has 28 heavy (non-hydrogen) atoms. The summed E-state index contributed by atoms with van der Waals surface area (Å²) in [5.41, 5.74) is 0.173. The lowest BCUT2D eigenvalue weighted by Crippen LogP contribution is -2.42.